The Labute approximate surface area is 113 Å². The normalized spacial score (nSPS) is 10.5. The molecule has 6 heteroatoms. The van der Waals surface area contributed by atoms with Crippen molar-refractivity contribution in [2.45, 2.75) is 6.54 Å². The van der Waals surface area contributed by atoms with E-state index in [1.54, 1.807) is 0 Å². The molecule has 3 N–H and O–H groups in total. The third-order valence-electron chi connectivity index (χ3n) is 2.58. The van der Waals surface area contributed by atoms with E-state index in [2.05, 4.69) is 5.32 Å². The third-order valence-corrected chi connectivity index (χ3v) is 2.87. The van der Waals surface area contributed by atoms with Gasteiger partial charge in [-0.2, -0.15) is 0 Å². The minimum Gasteiger partial charge on any atom is -0.397 e. The average molecular weight is 287 g/mol. The molecule has 0 radical (unpaired) electrons. The molecule has 2 nitrogen and oxygen atoms in total. The van der Waals surface area contributed by atoms with Crippen molar-refractivity contribution in [1.29, 1.82) is 0 Å². The molecule has 2 aromatic carbocycles. The third kappa shape index (κ3) is 3.12. The molecule has 0 spiro atoms. The highest BCUT2D eigenvalue weighted by Crippen LogP contribution is 2.26. The van der Waals surface area contributed by atoms with Gasteiger partial charge in [0.05, 0.1) is 16.4 Å². The Morgan fingerprint density at radius 2 is 1.79 bits per heavy atom. The van der Waals surface area contributed by atoms with Gasteiger partial charge in [0, 0.05) is 24.2 Å². The van der Waals surface area contributed by atoms with Gasteiger partial charge in [-0.3, -0.25) is 0 Å². The minimum absolute atomic E-state index is 0.0816. The molecule has 2 aromatic rings. The number of nitrogens with one attached hydrogen (secondary N) is 1. The van der Waals surface area contributed by atoms with Crippen molar-refractivity contribution in [2.24, 2.45) is 0 Å². The first-order valence-electron chi connectivity index (χ1n) is 5.39. The van der Waals surface area contributed by atoms with Crippen molar-refractivity contribution in [1.82, 2.24) is 0 Å². The van der Waals surface area contributed by atoms with Crippen molar-refractivity contribution in [3.63, 3.8) is 0 Å². The van der Waals surface area contributed by atoms with Gasteiger partial charge in [0.1, 0.15) is 17.5 Å². The molecule has 19 heavy (non-hydrogen) atoms. The van der Waals surface area contributed by atoms with E-state index in [4.69, 9.17) is 17.3 Å². The summed E-state index contributed by atoms with van der Waals surface area (Å²) in [7, 11) is 0. The van der Waals surface area contributed by atoms with Crippen LogP contribution in [0.1, 0.15) is 5.56 Å². The van der Waals surface area contributed by atoms with Gasteiger partial charge in [-0.25, -0.2) is 13.2 Å². The smallest absolute Gasteiger partial charge is 0.143 e. The molecule has 0 aliphatic carbocycles. The van der Waals surface area contributed by atoms with Crippen LogP contribution in [-0.4, -0.2) is 0 Å². The number of hydrogen-bond acceptors (Lipinski definition) is 2. The second kappa shape index (κ2) is 5.40. The Morgan fingerprint density at radius 1 is 1.05 bits per heavy atom. The van der Waals surface area contributed by atoms with Crippen LogP contribution in [0.2, 0.25) is 5.02 Å². The van der Waals surface area contributed by atoms with Crippen LogP contribution in [0.25, 0.3) is 0 Å². The second-order valence-electron chi connectivity index (χ2n) is 3.94. The van der Waals surface area contributed by atoms with E-state index >= 15 is 0 Å². The molecular formula is C13H10ClF3N2. The number of rotatable bonds is 3. The highest BCUT2D eigenvalue weighted by Gasteiger charge is 2.08. The van der Waals surface area contributed by atoms with E-state index in [1.165, 1.54) is 12.1 Å². The van der Waals surface area contributed by atoms with Crippen molar-refractivity contribution in [2.75, 3.05) is 11.1 Å². The molecule has 100 valence electrons. The van der Waals surface area contributed by atoms with Gasteiger partial charge >= 0.3 is 0 Å². The minimum atomic E-state index is -0.667. The van der Waals surface area contributed by atoms with Crippen molar-refractivity contribution < 1.29 is 13.2 Å². The van der Waals surface area contributed by atoms with Gasteiger partial charge in [0.2, 0.25) is 0 Å². The predicted molar refractivity (Wildman–Crippen MR) is 69.5 cm³/mol. The first kappa shape index (κ1) is 13.5. The zero-order valence-electron chi connectivity index (χ0n) is 9.68. The molecule has 0 aliphatic heterocycles. The van der Waals surface area contributed by atoms with Gasteiger partial charge in [-0.1, -0.05) is 17.7 Å². The number of hydrogen-bond donors (Lipinski definition) is 2. The maximum atomic E-state index is 13.4. The summed E-state index contributed by atoms with van der Waals surface area (Å²) in [5, 5.41) is 2.73. The van der Waals surface area contributed by atoms with Crippen LogP contribution >= 0.6 is 11.6 Å². The molecule has 0 unspecified atom stereocenters. The number of nitrogens with two attached hydrogens (primary N) is 1. The summed E-state index contributed by atoms with van der Waals surface area (Å²) in [4.78, 5) is 0. The summed E-state index contributed by atoms with van der Waals surface area (Å²) >= 11 is 5.63. The maximum absolute atomic E-state index is 13.4. The lowest BCUT2D eigenvalue weighted by Crippen LogP contribution is -2.05. The number of anilines is 2. The molecule has 0 fully saturated rings. The van der Waals surface area contributed by atoms with Crippen LogP contribution in [0.15, 0.2) is 30.3 Å². The Morgan fingerprint density at radius 3 is 2.47 bits per heavy atom. The van der Waals surface area contributed by atoms with E-state index in [0.29, 0.717) is 5.69 Å². The van der Waals surface area contributed by atoms with Gasteiger partial charge in [-0.15, -0.1) is 0 Å². The van der Waals surface area contributed by atoms with E-state index in [-0.39, 0.29) is 22.8 Å². The maximum Gasteiger partial charge on any atom is 0.143 e. The first-order chi connectivity index (χ1) is 8.97. The van der Waals surface area contributed by atoms with E-state index in [9.17, 15) is 13.2 Å². The van der Waals surface area contributed by atoms with Crippen LogP contribution in [-0.2, 0) is 6.54 Å². The quantitative estimate of drug-likeness (QED) is 0.839. The molecule has 0 bridgehead atoms. The zero-order valence-corrected chi connectivity index (χ0v) is 10.4. The number of nitrogen functional groups attached to an aromatic ring is 1. The van der Waals surface area contributed by atoms with E-state index in [1.807, 2.05) is 0 Å². The average Bonchev–Trinajstić information content (AvgIpc) is 2.34. The standard InChI is InChI=1S/C13H10ClF3N2/c14-9-4-13(12(18)5-11(9)17)19-6-7-1-2-8(15)3-10(7)16/h1-5,19H,6,18H2. The zero-order chi connectivity index (χ0) is 14.0. The van der Waals surface area contributed by atoms with E-state index in [0.717, 1.165) is 18.2 Å². The fourth-order valence-electron chi connectivity index (χ4n) is 1.57. The van der Waals surface area contributed by atoms with Crippen LogP contribution < -0.4 is 11.1 Å². The van der Waals surface area contributed by atoms with Gasteiger partial charge < -0.3 is 11.1 Å². The molecule has 0 aromatic heterocycles. The summed E-state index contributed by atoms with van der Waals surface area (Å²) in [5.74, 6) is -1.94. The van der Waals surface area contributed by atoms with E-state index < -0.39 is 17.5 Å². The molecule has 0 atom stereocenters. The van der Waals surface area contributed by atoms with Crippen LogP contribution in [0, 0.1) is 17.5 Å². The van der Waals surface area contributed by atoms with Gasteiger partial charge in [0.25, 0.3) is 0 Å². The van der Waals surface area contributed by atoms with Gasteiger partial charge in [-0.05, 0) is 12.1 Å². The molecule has 0 saturated heterocycles. The second-order valence-corrected chi connectivity index (χ2v) is 4.35. The number of benzene rings is 2. The van der Waals surface area contributed by atoms with Crippen molar-refractivity contribution in [3.05, 3.63) is 58.4 Å². The Bertz CT molecular complexity index is 617. The lowest BCUT2D eigenvalue weighted by molar-refractivity contribution is 0.574. The fourth-order valence-corrected chi connectivity index (χ4v) is 1.73. The molecule has 0 heterocycles. The summed E-state index contributed by atoms with van der Waals surface area (Å²) in [5.41, 5.74) is 6.41. The monoisotopic (exact) mass is 286 g/mol. The lowest BCUT2D eigenvalue weighted by atomic mass is 10.2. The van der Waals surface area contributed by atoms with Crippen LogP contribution in [0.5, 0.6) is 0 Å². The summed E-state index contributed by atoms with van der Waals surface area (Å²) in [6.45, 7) is 0.0816. The largest absolute Gasteiger partial charge is 0.397 e. The molecule has 0 aliphatic rings. The van der Waals surface area contributed by atoms with Crippen LogP contribution in [0.3, 0.4) is 0 Å². The van der Waals surface area contributed by atoms with Crippen LogP contribution in [0.4, 0.5) is 24.5 Å². The Kier molecular flexibility index (Phi) is 3.85. The fraction of sp³-hybridized carbons (Fsp3) is 0.0769. The topological polar surface area (TPSA) is 38.0 Å². The summed E-state index contributed by atoms with van der Waals surface area (Å²) in [6, 6.07) is 5.65. The molecular weight excluding hydrogens is 277 g/mol. The first-order valence-corrected chi connectivity index (χ1v) is 5.77. The van der Waals surface area contributed by atoms with Crippen molar-refractivity contribution >= 4 is 23.0 Å². The molecule has 0 amide bonds. The highest BCUT2D eigenvalue weighted by molar-refractivity contribution is 6.31. The number of halogens is 4. The van der Waals surface area contributed by atoms with Crippen molar-refractivity contribution in [3.8, 4) is 0 Å². The summed E-state index contributed by atoms with van der Waals surface area (Å²) in [6.07, 6.45) is 0. The Hall–Kier alpha value is -1.88. The highest BCUT2D eigenvalue weighted by atomic mass is 35.5. The van der Waals surface area contributed by atoms with Gasteiger partial charge in [0.15, 0.2) is 0 Å². The SMILES string of the molecule is Nc1cc(F)c(Cl)cc1NCc1ccc(F)cc1F. The summed E-state index contributed by atoms with van der Waals surface area (Å²) < 4.78 is 39.2. The predicted octanol–water partition coefficient (Wildman–Crippen LogP) is 3.95. The molecule has 2 rings (SSSR count). The molecule has 0 saturated carbocycles. The Balaban J connectivity index is 2.16. The lowest BCUT2D eigenvalue weighted by Gasteiger charge is -2.11.